The molecule has 0 amide bonds. The molecule has 0 aromatic rings. The number of alkyl halides is 1. The molecule has 0 radical (unpaired) electrons. The molecule has 0 saturated carbocycles. The van der Waals surface area contributed by atoms with Crippen molar-refractivity contribution in [2.24, 2.45) is 5.84 Å². The smallest absolute Gasteiger partial charge is 1.00 e. The third-order valence-electron chi connectivity index (χ3n) is 2.87. The van der Waals surface area contributed by atoms with E-state index < -0.39 is 0 Å². The van der Waals surface area contributed by atoms with Gasteiger partial charge in [-0.3, -0.25) is 16.1 Å². The van der Waals surface area contributed by atoms with E-state index in [4.69, 9.17) is 20.6 Å². The SMILES string of the molecule is BrCCNN1CCCCC1.NN1CCOCC1.O=CO[O-].[Cs+].[Cs+].[H-]. The number of nitrogens with one attached hydrogen (secondary N) is 1. The summed E-state index contributed by atoms with van der Waals surface area (Å²) in [5, 5.41) is 13.6. The molecule has 0 aromatic carbocycles. The van der Waals surface area contributed by atoms with E-state index in [1.807, 2.05) is 0 Å². The number of nitrogens with two attached hydrogens (primary N) is 1. The summed E-state index contributed by atoms with van der Waals surface area (Å²) in [6, 6.07) is 0. The van der Waals surface area contributed by atoms with Gasteiger partial charge in [0.25, 0.3) is 6.47 Å². The molecule has 23 heavy (non-hydrogen) atoms. The maximum absolute atomic E-state index is 8.64. The van der Waals surface area contributed by atoms with Gasteiger partial charge >= 0.3 is 138 Å². The van der Waals surface area contributed by atoms with Crippen LogP contribution >= 0.6 is 15.9 Å². The largest absolute Gasteiger partial charge is 1.00 e. The number of morpholine rings is 1. The number of hydrazine groups is 2. The third kappa shape index (κ3) is 23.8. The second-order valence-corrected chi connectivity index (χ2v) is 5.28. The van der Waals surface area contributed by atoms with Crippen LogP contribution in [0, 0.1) is 0 Å². The third-order valence-corrected chi connectivity index (χ3v) is 3.27. The molecule has 2 saturated heterocycles. The molecule has 8 nitrogen and oxygen atoms in total. The summed E-state index contributed by atoms with van der Waals surface area (Å²) in [6.45, 7) is 6.66. The quantitative estimate of drug-likeness (QED) is 0.103. The van der Waals surface area contributed by atoms with Crippen molar-refractivity contribution in [1.82, 2.24) is 15.4 Å². The number of piperidine rings is 1. The number of carbonyl (C=O) groups is 1. The Morgan fingerprint density at radius 1 is 1.22 bits per heavy atom. The Morgan fingerprint density at radius 2 is 1.74 bits per heavy atom. The second kappa shape index (κ2) is 25.8. The number of carbonyl (C=O) groups excluding carboxylic acids is 1. The van der Waals surface area contributed by atoms with Crippen molar-refractivity contribution < 1.29 is 159 Å². The molecule has 0 bridgehead atoms. The second-order valence-electron chi connectivity index (χ2n) is 4.49. The Bertz CT molecular complexity index is 243. The van der Waals surface area contributed by atoms with Crippen LogP contribution in [0.15, 0.2) is 0 Å². The van der Waals surface area contributed by atoms with Crippen LogP contribution in [0.25, 0.3) is 0 Å². The van der Waals surface area contributed by atoms with Gasteiger partial charge in [0.1, 0.15) is 0 Å². The average molecular weight is 637 g/mol. The predicted octanol–water partition coefficient (Wildman–Crippen LogP) is -6.88. The van der Waals surface area contributed by atoms with Gasteiger partial charge in [-0.05, 0) is 12.8 Å². The summed E-state index contributed by atoms with van der Waals surface area (Å²) in [6.07, 6.45) is 4.12. The molecule has 0 aliphatic carbocycles. The van der Waals surface area contributed by atoms with Crippen LogP contribution in [0.3, 0.4) is 0 Å². The zero-order valence-electron chi connectivity index (χ0n) is 15.3. The van der Waals surface area contributed by atoms with Crippen molar-refractivity contribution in [3.63, 3.8) is 0 Å². The molecule has 11 heteroatoms. The van der Waals surface area contributed by atoms with E-state index in [1.165, 1.54) is 32.4 Å². The molecule has 2 aliphatic heterocycles. The molecule has 0 atom stereocenters. The normalized spacial score (nSPS) is 17.9. The van der Waals surface area contributed by atoms with E-state index >= 15 is 0 Å². The van der Waals surface area contributed by atoms with Crippen molar-refractivity contribution in [2.45, 2.75) is 19.3 Å². The molecular weight excluding hydrogens is 610 g/mol. The summed E-state index contributed by atoms with van der Waals surface area (Å²) in [5.41, 5.74) is 3.36. The van der Waals surface area contributed by atoms with Crippen molar-refractivity contribution >= 4 is 22.4 Å². The number of ether oxygens (including phenoxy) is 1. The van der Waals surface area contributed by atoms with Crippen LogP contribution in [0.5, 0.6) is 0 Å². The fourth-order valence-electron chi connectivity index (χ4n) is 1.83. The van der Waals surface area contributed by atoms with Gasteiger partial charge in [-0.15, -0.1) is 0 Å². The van der Waals surface area contributed by atoms with Gasteiger partial charge in [0.2, 0.25) is 0 Å². The van der Waals surface area contributed by atoms with E-state index in [2.05, 4.69) is 31.3 Å². The average Bonchev–Trinajstić information content (AvgIpc) is 2.55. The summed E-state index contributed by atoms with van der Waals surface area (Å²) in [7, 11) is 0. The zero-order chi connectivity index (χ0) is 15.8. The first-order chi connectivity index (χ1) is 10.2. The molecule has 2 aliphatic rings. The van der Waals surface area contributed by atoms with Crippen molar-refractivity contribution in [3.05, 3.63) is 0 Å². The van der Waals surface area contributed by atoms with Gasteiger partial charge in [-0.25, -0.2) is 10.0 Å². The van der Waals surface area contributed by atoms with E-state index in [9.17, 15) is 0 Å². The summed E-state index contributed by atoms with van der Waals surface area (Å²) >= 11 is 3.39. The van der Waals surface area contributed by atoms with Gasteiger partial charge in [0.15, 0.2) is 0 Å². The number of hydrogen-bond acceptors (Lipinski definition) is 8. The van der Waals surface area contributed by atoms with Crippen LogP contribution in [-0.4, -0.2) is 67.8 Å². The molecule has 128 valence electrons. The zero-order valence-corrected chi connectivity index (χ0v) is 28.5. The maximum atomic E-state index is 8.64. The van der Waals surface area contributed by atoms with Gasteiger partial charge in [-0.1, -0.05) is 22.4 Å². The van der Waals surface area contributed by atoms with Crippen LogP contribution in [0.2, 0.25) is 0 Å². The number of hydrogen-bond donors (Lipinski definition) is 2. The summed E-state index contributed by atoms with van der Waals surface area (Å²) in [4.78, 5) is 11.2. The van der Waals surface area contributed by atoms with Gasteiger partial charge in [0, 0.05) is 38.1 Å². The number of nitrogens with zero attached hydrogens (tertiary/aromatic N) is 2. The molecule has 0 spiro atoms. The maximum Gasteiger partial charge on any atom is 1.00 e. The minimum Gasteiger partial charge on any atom is -1.00 e. The van der Waals surface area contributed by atoms with Crippen LogP contribution in [0.1, 0.15) is 20.7 Å². The standard InChI is InChI=1S/C7H15BrN2.C4H10N2O.CH2O3.2Cs.H/c8-4-5-9-10-6-2-1-3-7-10;5-6-1-3-7-4-2-6;2-1-4-3;;;/h9H,1-7H2;1-5H2;1,3H;;;/q;;;2*+1;-1/p-1. The molecule has 2 fully saturated rings. The fraction of sp³-hybridized carbons (Fsp3) is 0.917. The van der Waals surface area contributed by atoms with E-state index in [0.717, 1.165) is 38.2 Å². The Hall–Kier alpha value is 3.81. The summed E-state index contributed by atoms with van der Waals surface area (Å²) in [5.74, 6) is 5.39. The van der Waals surface area contributed by atoms with Gasteiger partial charge < -0.3 is 16.3 Å². The van der Waals surface area contributed by atoms with E-state index in [1.54, 1.807) is 5.01 Å². The number of halogens is 1. The monoisotopic (exact) mass is 636 g/mol. The Balaban J connectivity index is -0.000000128. The van der Waals surface area contributed by atoms with Crippen LogP contribution in [-0.2, 0) is 14.4 Å². The Labute approximate surface area is 266 Å². The molecule has 0 unspecified atom stereocenters. The minimum absolute atomic E-state index is 0. The molecule has 3 N–H and O–H groups in total. The molecule has 2 heterocycles. The van der Waals surface area contributed by atoms with E-state index in [0.29, 0.717) is 0 Å². The van der Waals surface area contributed by atoms with Crippen LogP contribution in [0.4, 0.5) is 0 Å². The topological polar surface area (TPSA) is 103 Å². The minimum atomic E-state index is -0.181. The van der Waals surface area contributed by atoms with E-state index in [-0.39, 0.29) is 146 Å². The van der Waals surface area contributed by atoms with Crippen molar-refractivity contribution in [2.75, 3.05) is 51.3 Å². The molecular formula is C12H27BrCs2N4O4. The van der Waals surface area contributed by atoms with Crippen molar-refractivity contribution in [1.29, 1.82) is 0 Å². The van der Waals surface area contributed by atoms with Crippen molar-refractivity contribution in [3.8, 4) is 0 Å². The fourth-order valence-corrected chi connectivity index (χ4v) is 2.01. The molecule has 0 aromatic heterocycles. The Morgan fingerprint density at radius 3 is 2.09 bits per heavy atom. The first kappa shape index (κ1) is 31.5. The van der Waals surface area contributed by atoms with Gasteiger partial charge in [-0.2, -0.15) is 0 Å². The molecule has 2 rings (SSSR count). The first-order valence-electron chi connectivity index (χ1n) is 7.08. The first-order valence-corrected chi connectivity index (χ1v) is 8.20. The van der Waals surface area contributed by atoms with Gasteiger partial charge in [0.05, 0.1) is 13.2 Å². The Kier molecular flexibility index (Phi) is 35.4. The number of rotatable bonds is 4. The summed E-state index contributed by atoms with van der Waals surface area (Å²) < 4.78 is 5.02. The van der Waals surface area contributed by atoms with Crippen LogP contribution < -0.4 is 154 Å². The predicted molar refractivity (Wildman–Crippen MR) is 82.1 cm³/mol.